The molecule has 1 amide bonds. The lowest BCUT2D eigenvalue weighted by molar-refractivity contribution is 0.0987. The first kappa shape index (κ1) is 20.8. The number of aryl methyl sites for hydroxylation is 1. The van der Waals surface area contributed by atoms with Crippen LogP contribution in [0.25, 0.3) is 0 Å². The molecule has 1 heterocycles. The van der Waals surface area contributed by atoms with Crippen LogP contribution in [-0.2, 0) is 16.4 Å². The van der Waals surface area contributed by atoms with Crippen LogP contribution in [0.2, 0.25) is 0 Å². The normalized spacial score (nSPS) is 13.0. The van der Waals surface area contributed by atoms with Gasteiger partial charge in [0.1, 0.15) is 0 Å². The quantitative estimate of drug-likeness (QED) is 0.610. The Hall–Kier alpha value is -3.45. The fourth-order valence-electron chi connectivity index (χ4n) is 3.62. The van der Waals surface area contributed by atoms with Crippen LogP contribution in [0.1, 0.15) is 38.8 Å². The van der Waals surface area contributed by atoms with E-state index in [4.69, 9.17) is 0 Å². The number of rotatable bonds is 5. The van der Waals surface area contributed by atoms with Crippen LogP contribution in [0, 0.1) is 6.92 Å². The molecule has 6 nitrogen and oxygen atoms in total. The number of ketones is 1. The van der Waals surface area contributed by atoms with Crippen molar-refractivity contribution in [3.05, 3.63) is 89.0 Å². The van der Waals surface area contributed by atoms with Crippen molar-refractivity contribution in [1.29, 1.82) is 0 Å². The Balaban J connectivity index is 1.58. The van der Waals surface area contributed by atoms with E-state index in [9.17, 15) is 18.0 Å². The number of fused-ring (bicyclic) bond motifs is 1. The molecule has 31 heavy (non-hydrogen) atoms. The molecule has 0 saturated heterocycles. The molecule has 0 radical (unpaired) electrons. The second kappa shape index (κ2) is 8.00. The molecule has 0 spiro atoms. The van der Waals surface area contributed by atoms with Gasteiger partial charge in [-0.2, -0.15) is 0 Å². The van der Waals surface area contributed by atoms with Gasteiger partial charge >= 0.3 is 0 Å². The van der Waals surface area contributed by atoms with E-state index in [2.05, 4.69) is 4.72 Å². The van der Waals surface area contributed by atoms with Crippen molar-refractivity contribution in [3.8, 4) is 0 Å². The van der Waals surface area contributed by atoms with Gasteiger partial charge in [-0.25, -0.2) is 8.42 Å². The van der Waals surface area contributed by atoms with E-state index in [0.717, 1.165) is 16.8 Å². The minimum Gasteiger partial charge on any atom is -0.308 e. The molecule has 1 aliphatic rings. The molecule has 7 heteroatoms. The molecular weight excluding hydrogens is 412 g/mol. The lowest BCUT2D eigenvalue weighted by Gasteiger charge is -2.18. The summed E-state index contributed by atoms with van der Waals surface area (Å²) in [6.07, 6.45) is 0.579. The summed E-state index contributed by atoms with van der Waals surface area (Å²) in [4.78, 5) is 26.3. The number of carbonyl (C=O) groups excluding carboxylic acids is 2. The van der Waals surface area contributed by atoms with Crippen molar-refractivity contribution in [2.24, 2.45) is 0 Å². The molecule has 1 aliphatic heterocycles. The number of nitrogens with zero attached hydrogens (tertiary/aromatic N) is 1. The average Bonchev–Trinajstić information content (AvgIpc) is 3.17. The molecule has 0 atom stereocenters. The van der Waals surface area contributed by atoms with E-state index in [1.165, 1.54) is 19.1 Å². The van der Waals surface area contributed by atoms with E-state index in [-0.39, 0.29) is 16.6 Å². The second-order valence-corrected chi connectivity index (χ2v) is 9.29. The maximum Gasteiger partial charge on any atom is 0.261 e. The van der Waals surface area contributed by atoms with E-state index in [1.807, 2.05) is 19.1 Å². The summed E-state index contributed by atoms with van der Waals surface area (Å²) in [5.74, 6) is -0.245. The molecule has 3 aromatic carbocycles. The average molecular weight is 435 g/mol. The SMILES string of the molecule is CC(=O)c1cccc(NS(=O)(=O)c2ccc3c(c2)CCN3C(=O)c2ccc(C)cc2)c1. The van der Waals surface area contributed by atoms with Gasteiger partial charge in [0.2, 0.25) is 0 Å². The van der Waals surface area contributed by atoms with Crippen LogP contribution in [0.5, 0.6) is 0 Å². The van der Waals surface area contributed by atoms with Crippen molar-refractivity contribution in [1.82, 2.24) is 0 Å². The Bertz CT molecular complexity index is 1280. The van der Waals surface area contributed by atoms with Gasteiger partial charge in [0.15, 0.2) is 5.78 Å². The maximum atomic E-state index is 12.9. The molecule has 0 bridgehead atoms. The molecule has 1 N–H and O–H groups in total. The standard InChI is InChI=1S/C24H22N2O4S/c1-16-6-8-18(9-7-16)24(28)26-13-12-20-15-22(10-11-23(20)26)31(29,30)25-21-5-3-4-19(14-21)17(2)27/h3-11,14-15,25H,12-13H2,1-2H3. The zero-order chi connectivity index (χ0) is 22.2. The maximum absolute atomic E-state index is 12.9. The number of hydrogen-bond acceptors (Lipinski definition) is 4. The molecule has 0 fully saturated rings. The van der Waals surface area contributed by atoms with Crippen molar-refractivity contribution < 1.29 is 18.0 Å². The highest BCUT2D eigenvalue weighted by molar-refractivity contribution is 7.92. The Morgan fingerprint density at radius 3 is 2.39 bits per heavy atom. The molecule has 0 aromatic heterocycles. The lowest BCUT2D eigenvalue weighted by atomic mass is 10.1. The first-order valence-electron chi connectivity index (χ1n) is 9.90. The largest absolute Gasteiger partial charge is 0.308 e. The van der Waals surface area contributed by atoms with Crippen LogP contribution in [0.4, 0.5) is 11.4 Å². The van der Waals surface area contributed by atoms with Gasteiger partial charge in [0, 0.05) is 29.0 Å². The smallest absolute Gasteiger partial charge is 0.261 e. The zero-order valence-electron chi connectivity index (χ0n) is 17.3. The van der Waals surface area contributed by atoms with Gasteiger partial charge in [0.05, 0.1) is 4.90 Å². The summed E-state index contributed by atoms with van der Waals surface area (Å²) >= 11 is 0. The van der Waals surface area contributed by atoms with Crippen LogP contribution in [-0.4, -0.2) is 26.7 Å². The summed E-state index contributed by atoms with van der Waals surface area (Å²) in [7, 11) is -3.84. The summed E-state index contributed by atoms with van der Waals surface area (Å²) in [5, 5.41) is 0. The van der Waals surface area contributed by atoms with E-state index in [0.29, 0.717) is 29.8 Å². The van der Waals surface area contributed by atoms with Crippen LogP contribution >= 0.6 is 0 Å². The van der Waals surface area contributed by atoms with Gasteiger partial charge in [-0.1, -0.05) is 29.8 Å². The van der Waals surface area contributed by atoms with Crippen LogP contribution in [0.3, 0.4) is 0 Å². The fraction of sp³-hybridized carbons (Fsp3) is 0.167. The van der Waals surface area contributed by atoms with E-state index < -0.39 is 10.0 Å². The summed E-state index contributed by atoms with van der Waals surface area (Å²) in [6.45, 7) is 3.89. The molecule has 0 saturated carbocycles. The fourth-order valence-corrected chi connectivity index (χ4v) is 4.72. The number of Topliss-reactive ketones (excluding diaryl/α,β-unsaturated/α-hetero) is 1. The summed E-state index contributed by atoms with van der Waals surface area (Å²) in [5.41, 5.74) is 3.96. The highest BCUT2D eigenvalue weighted by atomic mass is 32.2. The third kappa shape index (κ3) is 4.22. The summed E-state index contributed by atoms with van der Waals surface area (Å²) < 4.78 is 28.3. The third-order valence-electron chi connectivity index (χ3n) is 5.32. The van der Waals surface area contributed by atoms with Crippen molar-refractivity contribution in [2.75, 3.05) is 16.2 Å². The summed E-state index contributed by atoms with van der Waals surface area (Å²) in [6, 6.07) is 18.5. The Kier molecular flexibility index (Phi) is 5.37. The first-order valence-corrected chi connectivity index (χ1v) is 11.4. The van der Waals surface area contributed by atoms with Crippen molar-refractivity contribution in [3.63, 3.8) is 0 Å². The second-order valence-electron chi connectivity index (χ2n) is 7.61. The van der Waals surface area contributed by atoms with Crippen molar-refractivity contribution >= 4 is 33.1 Å². The monoisotopic (exact) mass is 434 g/mol. The number of nitrogens with one attached hydrogen (secondary N) is 1. The molecule has 0 unspecified atom stereocenters. The van der Waals surface area contributed by atoms with Gasteiger partial charge in [-0.15, -0.1) is 0 Å². The molecule has 4 rings (SSSR count). The van der Waals surface area contributed by atoms with Gasteiger partial charge in [-0.05, 0) is 68.3 Å². The minimum atomic E-state index is -3.84. The van der Waals surface area contributed by atoms with Crippen LogP contribution in [0.15, 0.2) is 71.6 Å². The number of amides is 1. The predicted octanol–water partition coefficient (Wildman–Crippen LogP) is 4.20. The predicted molar refractivity (Wildman–Crippen MR) is 120 cm³/mol. The van der Waals surface area contributed by atoms with Crippen LogP contribution < -0.4 is 9.62 Å². The van der Waals surface area contributed by atoms with Crippen molar-refractivity contribution in [2.45, 2.75) is 25.2 Å². The van der Waals surface area contributed by atoms with E-state index >= 15 is 0 Å². The Morgan fingerprint density at radius 2 is 1.68 bits per heavy atom. The number of benzene rings is 3. The Labute approximate surface area is 181 Å². The molecule has 158 valence electrons. The van der Waals surface area contributed by atoms with E-state index in [1.54, 1.807) is 47.4 Å². The lowest BCUT2D eigenvalue weighted by Crippen LogP contribution is -2.28. The minimum absolute atomic E-state index is 0.103. The zero-order valence-corrected chi connectivity index (χ0v) is 18.1. The topological polar surface area (TPSA) is 83.6 Å². The molecular formula is C24H22N2O4S. The number of sulfonamides is 1. The molecule has 0 aliphatic carbocycles. The highest BCUT2D eigenvalue weighted by Crippen LogP contribution is 2.32. The first-order chi connectivity index (χ1) is 14.7. The van der Waals surface area contributed by atoms with Gasteiger partial charge in [0.25, 0.3) is 15.9 Å². The number of anilines is 2. The molecule has 3 aromatic rings. The number of carbonyl (C=O) groups is 2. The van der Waals surface area contributed by atoms with Gasteiger partial charge in [-0.3, -0.25) is 14.3 Å². The number of hydrogen-bond donors (Lipinski definition) is 1. The van der Waals surface area contributed by atoms with Gasteiger partial charge < -0.3 is 4.90 Å². The Morgan fingerprint density at radius 1 is 0.935 bits per heavy atom. The highest BCUT2D eigenvalue weighted by Gasteiger charge is 2.27. The third-order valence-corrected chi connectivity index (χ3v) is 6.70.